The van der Waals surface area contributed by atoms with E-state index in [0.717, 1.165) is 0 Å². The first kappa shape index (κ1) is 27.9. The van der Waals surface area contributed by atoms with E-state index in [1.165, 1.54) is 19.1 Å². The lowest BCUT2D eigenvalue weighted by atomic mass is 9.83. The van der Waals surface area contributed by atoms with Crippen molar-refractivity contribution in [2.24, 2.45) is 11.3 Å². The molecule has 174 valence electrons. The number of methoxy groups -OCH3 is 1. The second-order valence-electron chi connectivity index (χ2n) is 10.0. The van der Waals surface area contributed by atoms with Crippen molar-refractivity contribution in [3.05, 3.63) is 11.6 Å². The molecule has 1 amide bonds. The molecule has 0 fully saturated rings. The van der Waals surface area contributed by atoms with E-state index < -0.39 is 23.7 Å². The van der Waals surface area contributed by atoms with Crippen LogP contribution in [-0.2, 0) is 23.8 Å². The number of carbonyl (C=O) groups excluding carboxylic acids is 3. The molecular formula is C23H41NO6. The van der Waals surface area contributed by atoms with Gasteiger partial charge in [0.05, 0.1) is 7.11 Å². The van der Waals surface area contributed by atoms with Gasteiger partial charge in [0.25, 0.3) is 0 Å². The molecule has 0 aromatic heterocycles. The molecule has 7 nitrogen and oxygen atoms in total. The van der Waals surface area contributed by atoms with Crippen molar-refractivity contribution in [2.45, 2.75) is 92.9 Å². The minimum Gasteiger partial charge on any atom is -0.466 e. The first-order chi connectivity index (χ1) is 13.5. The largest absolute Gasteiger partial charge is 0.466 e. The van der Waals surface area contributed by atoms with Gasteiger partial charge in [-0.3, -0.25) is 4.90 Å². The van der Waals surface area contributed by atoms with Crippen molar-refractivity contribution in [1.29, 1.82) is 0 Å². The number of ether oxygens (including phenoxy) is 3. The van der Waals surface area contributed by atoms with Gasteiger partial charge >= 0.3 is 18.0 Å². The number of nitrogens with zero attached hydrogens (tertiary/aromatic N) is 1. The predicted octanol–water partition coefficient (Wildman–Crippen LogP) is 4.74. The van der Waals surface area contributed by atoms with Crippen LogP contribution >= 0.6 is 0 Å². The molecule has 0 bridgehead atoms. The zero-order chi connectivity index (χ0) is 23.9. The number of rotatable bonds is 8. The highest BCUT2D eigenvalue weighted by atomic mass is 16.6. The minimum atomic E-state index is -0.776. The van der Waals surface area contributed by atoms with Gasteiger partial charge in [0.1, 0.15) is 17.7 Å². The lowest BCUT2D eigenvalue weighted by Gasteiger charge is -2.34. The van der Waals surface area contributed by atoms with Crippen LogP contribution in [0.25, 0.3) is 0 Å². The molecular weight excluding hydrogens is 386 g/mol. The van der Waals surface area contributed by atoms with Gasteiger partial charge in [0, 0.05) is 12.6 Å². The number of carbonyl (C=O) groups is 3. The van der Waals surface area contributed by atoms with E-state index in [2.05, 4.69) is 0 Å². The van der Waals surface area contributed by atoms with Gasteiger partial charge < -0.3 is 14.2 Å². The van der Waals surface area contributed by atoms with Gasteiger partial charge in [0.15, 0.2) is 0 Å². The molecule has 0 aliphatic rings. The smallest absolute Gasteiger partial charge is 0.410 e. The van der Waals surface area contributed by atoms with Crippen LogP contribution in [0.3, 0.4) is 0 Å². The van der Waals surface area contributed by atoms with Crippen LogP contribution in [0.4, 0.5) is 4.79 Å². The first-order valence-electron chi connectivity index (χ1n) is 10.4. The molecule has 0 aromatic rings. The van der Waals surface area contributed by atoms with E-state index in [-0.39, 0.29) is 23.4 Å². The average Bonchev–Trinajstić information content (AvgIpc) is 2.61. The highest BCUT2D eigenvalue weighted by Gasteiger charge is 2.34. The zero-order valence-electron chi connectivity index (χ0n) is 20.6. The average molecular weight is 428 g/mol. The van der Waals surface area contributed by atoms with Gasteiger partial charge in [-0.25, -0.2) is 14.4 Å². The molecule has 7 heteroatoms. The summed E-state index contributed by atoms with van der Waals surface area (Å²) in [6.45, 7) is 16.7. The van der Waals surface area contributed by atoms with Gasteiger partial charge in [-0.05, 0) is 58.8 Å². The normalized spacial score (nSPS) is 15.6. The third-order valence-electron chi connectivity index (χ3n) is 4.78. The fourth-order valence-corrected chi connectivity index (χ4v) is 2.55. The van der Waals surface area contributed by atoms with E-state index in [4.69, 9.17) is 14.2 Å². The summed E-state index contributed by atoms with van der Waals surface area (Å²) in [5.41, 5.74) is -0.370. The number of amides is 1. The van der Waals surface area contributed by atoms with E-state index in [1.807, 2.05) is 33.8 Å². The topological polar surface area (TPSA) is 82.1 Å². The molecule has 0 saturated heterocycles. The van der Waals surface area contributed by atoms with Crippen LogP contribution in [0.15, 0.2) is 11.6 Å². The summed E-state index contributed by atoms with van der Waals surface area (Å²) in [5, 5.41) is 0. The second-order valence-corrected chi connectivity index (χ2v) is 10.0. The van der Waals surface area contributed by atoms with Crippen LogP contribution < -0.4 is 0 Å². The second kappa shape index (κ2) is 11.4. The Morgan fingerprint density at radius 2 is 1.57 bits per heavy atom. The monoisotopic (exact) mass is 427 g/mol. The van der Waals surface area contributed by atoms with Gasteiger partial charge in [0.2, 0.25) is 0 Å². The van der Waals surface area contributed by atoms with E-state index >= 15 is 0 Å². The Morgan fingerprint density at radius 3 is 2.00 bits per heavy atom. The van der Waals surface area contributed by atoms with Crippen molar-refractivity contribution in [3.8, 4) is 0 Å². The van der Waals surface area contributed by atoms with Gasteiger partial charge in [-0.1, -0.05) is 33.8 Å². The SMILES string of the molecule is COC(=O)/C(C)=C/CC(C)CC(OC(=O)C(C)N(C)C(=O)OC(C)(C)C)C(C)(C)C. The Kier molecular flexibility index (Phi) is 10.6. The molecule has 0 spiro atoms. The number of esters is 2. The van der Waals surface area contributed by atoms with Crippen LogP contribution in [0.5, 0.6) is 0 Å². The maximum atomic E-state index is 12.7. The third kappa shape index (κ3) is 10.1. The van der Waals surface area contributed by atoms with Crippen LogP contribution in [-0.4, -0.2) is 54.8 Å². The highest BCUT2D eigenvalue weighted by Crippen LogP contribution is 2.30. The Morgan fingerprint density at radius 1 is 1.03 bits per heavy atom. The molecule has 30 heavy (non-hydrogen) atoms. The summed E-state index contributed by atoms with van der Waals surface area (Å²) >= 11 is 0. The summed E-state index contributed by atoms with van der Waals surface area (Å²) < 4.78 is 15.9. The number of likely N-dealkylation sites (N-methyl/N-ethyl adjacent to an activating group) is 1. The van der Waals surface area contributed by atoms with Crippen LogP contribution in [0.2, 0.25) is 0 Å². The van der Waals surface area contributed by atoms with Crippen LogP contribution in [0.1, 0.15) is 75.2 Å². The predicted molar refractivity (Wildman–Crippen MR) is 117 cm³/mol. The Balaban J connectivity index is 5.11. The number of hydrogen-bond donors (Lipinski definition) is 0. The Hall–Kier alpha value is -2.05. The summed E-state index contributed by atoms with van der Waals surface area (Å²) in [6.07, 6.45) is 2.22. The lowest BCUT2D eigenvalue weighted by molar-refractivity contribution is -0.161. The van der Waals surface area contributed by atoms with E-state index in [9.17, 15) is 14.4 Å². The quantitative estimate of drug-likeness (QED) is 0.316. The van der Waals surface area contributed by atoms with Crippen molar-refractivity contribution in [1.82, 2.24) is 4.90 Å². The fourth-order valence-electron chi connectivity index (χ4n) is 2.55. The molecule has 0 aromatic carbocycles. The third-order valence-corrected chi connectivity index (χ3v) is 4.78. The van der Waals surface area contributed by atoms with Crippen molar-refractivity contribution >= 4 is 18.0 Å². The van der Waals surface area contributed by atoms with Crippen molar-refractivity contribution in [3.63, 3.8) is 0 Å². The summed E-state index contributed by atoms with van der Waals surface area (Å²) in [5.74, 6) is -0.641. The number of hydrogen-bond acceptors (Lipinski definition) is 6. The number of allylic oxidation sites excluding steroid dienone is 1. The zero-order valence-corrected chi connectivity index (χ0v) is 20.6. The molecule has 0 saturated carbocycles. The van der Waals surface area contributed by atoms with Gasteiger partial charge in [-0.15, -0.1) is 0 Å². The van der Waals surface area contributed by atoms with Crippen molar-refractivity contribution in [2.75, 3.05) is 14.2 Å². The molecule has 0 rings (SSSR count). The fraction of sp³-hybridized carbons (Fsp3) is 0.783. The van der Waals surface area contributed by atoms with E-state index in [1.54, 1.807) is 34.6 Å². The summed E-state index contributed by atoms with van der Waals surface area (Å²) in [7, 11) is 2.88. The summed E-state index contributed by atoms with van der Waals surface area (Å²) in [6, 6.07) is -0.776. The van der Waals surface area contributed by atoms with Gasteiger partial charge in [-0.2, -0.15) is 0 Å². The standard InChI is InChI=1S/C23H41NO6/c1-15(12-13-16(2)19(25)28-11)14-18(22(4,5)6)29-20(26)17(3)24(10)21(27)30-23(7,8)9/h13,15,17-18H,12,14H2,1-11H3/b16-13+. The highest BCUT2D eigenvalue weighted by molar-refractivity contribution is 5.87. The van der Waals surface area contributed by atoms with Crippen LogP contribution in [0, 0.1) is 11.3 Å². The molecule has 0 aliphatic heterocycles. The molecule has 3 atom stereocenters. The molecule has 0 heterocycles. The minimum absolute atomic E-state index is 0.181. The molecule has 0 aliphatic carbocycles. The maximum absolute atomic E-state index is 12.7. The van der Waals surface area contributed by atoms with Crippen molar-refractivity contribution < 1.29 is 28.6 Å². The lowest BCUT2D eigenvalue weighted by Crippen LogP contribution is -2.46. The Labute approximate surface area is 182 Å². The maximum Gasteiger partial charge on any atom is 0.410 e. The molecule has 0 N–H and O–H groups in total. The van der Waals surface area contributed by atoms with E-state index in [0.29, 0.717) is 18.4 Å². The molecule has 3 unspecified atom stereocenters. The molecule has 0 radical (unpaired) electrons. The Bertz CT molecular complexity index is 627. The first-order valence-corrected chi connectivity index (χ1v) is 10.4. The summed E-state index contributed by atoms with van der Waals surface area (Å²) in [4.78, 5) is 37.8.